The second-order valence-electron chi connectivity index (χ2n) is 3.72. The SMILES string of the molecule is CC(C)NCC(N)c1ccc(F)cc1. The fraction of sp³-hybridized carbons (Fsp3) is 0.455. The van der Waals surface area contributed by atoms with Gasteiger partial charge in [0, 0.05) is 18.6 Å². The number of hydrogen-bond acceptors (Lipinski definition) is 2. The van der Waals surface area contributed by atoms with Crippen molar-refractivity contribution in [2.75, 3.05) is 6.54 Å². The van der Waals surface area contributed by atoms with E-state index in [2.05, 4.69) is 19.2 Å². The van der Waals surface area contributed by atoms with Gasteiger partial charge in [0.05, 0.1) is 0 Å². The minimum atomic E-state index is -0.224. The van der Waals surface area contributed by atoms with Gasteiger partial charge in [0.25, 0.3) is 0 Å². The molecule has 1 unspecified atom stereocenters. The summed E-state index contributed by atoms with van der Waals surface area (Å²) < 4.78 is 12.6. The van der Waals surface area contributed by atoms with Crippen LogP contribution in [-0.4, -0.2) is 12.6 Å². The van der Waals surface area contributed by atoms with Gasteiger partial charge in [0.15, 0.2) is 0 Å². The van der Waals surface area contributed by atoms with Crippen LogP contribution in [0.25, 0.3) is 0 Å². The van der Waals surface area contributed by atoms with Gasteiger partial charge in [-0.25, -0.2) is 4.39 Å². The highest BCUT2D eigenvalue weighted by molar-refractivity contribution is 5.19. The van der Waals surface area contributed by atoms with Crippen LogP contribution in [0.2, 0.25) is 0 Å². The predicted octanol–water partition coefficient (Wildman–Crippen LogP) is 1.82. The van der Waals surface area contributed by atoms with Crippen LogP contribution in [0.3, 0.4) is 0 Å². The molecular weight excluding hydrogens is 179 g/mol. The Kier molecular flexibility index (Phi) is 4.04. The zero-order valence-electron chi connectivity index (χ0n) is 8.63. The van der Waals surface area contributed by atoms with Gasteiger partial charge < -0.3 is 11.1 Å². The highest BCUT2D eigenvalue weighted by Crippen LogP contribution is 2.10. The Bertz CT molecular complexity index is 269. The molecule has 0 radical (unpaired) electrons. The summed E-state index contributed by atoms with van der Waals surface area (Å²) in [6.07, 6.45) is 0. The molecule has 3 heteroatoms. The summed E-state index contributed by atoms with van der Waals surface area (Å²) in [5, 5.41) is 3.24. The molecule has 0 aliphatic carbocycles. The van der Waals surface area contributed by atoms with Gasteiger partial charge in [-0.3, -0.25) is 0 Å². The van der Waals surface area contributed by atoms with Crippen LogP contribution >= 0.6 is 0 Å². The first-order valence-corrected chi connectivity index (χ1v) is 4.84. The van der Waals surface area contributed by atoms with E-state index in [-0.39, 0.29) is 11.9 Å². The molecule has 1 aromatic rings. The normalized spacial score (nSPS) is 13.2. The maximum Gasteiger partial charge on any atom is 0.123 e. The van der Waals surface area contributed by atoms with E-state index >= 15 is 0 Å². The van der Waals surface area contributed by atoms with Gasteiger partial charge in [0.2, 0.25) is 0 Å². The van der Waals surface area contributed by atoms with E-state index in [1.165, 1.54) is 12.1 Å². The summed E-state index contributed by atoms with van der Waals surface area (Å²) in [6.45, 7) is 4.85. The fourth-order valence-electron chi connectivity index (χ4n) is 1.19. The summed E-state index contributed by atoms with van der Waals surface area (Å²) in [6, 6.07) is 6.67. The van der Waals surface area contributed by atoms with Gasteiger partial charge in [-0.05, 0) is 17.7 Å². The largest absolute Gasteiger partial charge is 0.323 e. The first-order chi connectivity index (χ1) is 6.59. The number of benzene rings is 1. The molecule has 0 aliphatic rings. The van der Waals surface area contributed by atoms with Gasteiger partial charge in [-0.1, -0.05) is 26.0 Å². The zero-order valence-corrected chi connectivity index (χ0v) is 8.63. The zero-order chi connectivity index (χ0) is 10.6. The molecule has 14 heavy (non-hydrogen) atoms. The number of halogens is 1. The van der Waals surface area contributed by atoms with Crippen LogP contribution in [0, 0.1) is 5.82 Å². The highest BCUT2D eigenvalue weighted by Gasteiger charge is 2.05. The lowest BCUT2D eigenvalue weighted by atomic mass is 10.1. The van der Waals surface area contributed by atoms with Crippen molar-refractivity contribution in [2.45, 2.75) is 25.9 Å². The van der Waals surface area contributed by atoms with E-state index in [1.54, 1.807) is 12.1 Å². The van der Waals surface area contributed by atoms with Crippen LogP contribution < -0.4 is 11.1 Å². The van der Waals surface area contributed by atoms with Gasteiger partial charge in [-0.2, -0.15) is 0 Å². The van der Waals surface area contributed by atoms with Crippen LogP contribution in [0.15, 0.2) is 24.3 Å². The molecule has 0 aromatic heterocycles. The molecule has 0 aliphatic heterocycles. The third-order valence-corrected chi connectivity index (χ3v) is 2.04. The summed E-state index contributed by atoms with van der Waals surface area (Å²) in [7, 11) is 0. The average Bonchev–Trinajstić information content (AvgIpc) is 2.15. The van der Waals surface area contributed by atoms with E-state index in [0.29, 0.717) is 12.6 Å². The molecular formula is C11H17FN2. The first kappa shape index (κ1) is 11.1. The summed E-state index contributed by atoms with van der Waals surface area (Å²) in [5.74, 6) is -0.224. The quantitative estimate of drug-likeness (QED) is 0.771. The smallest absolute Gasteiger partial charge is 0.123 e. The number of nitrogens with one attached hydrogen (secondary N) is 1. The Hall–Kier alpha value is -0.930. The minimum Gasteiger partial charge on any atom is -0.323 e. The first-order valence-electron chi connectivity index (χ1n) is 4.84. The topological polar surface area (TPSA) is 38.0 Å². The molecule has 0 heterocycles. The maximum absolute atomic E-state index is 12.6. The van der Waals surface area contributed by atoms with Crippen molar-refractivity contribution < 1.29 is 4.39 Å². The van der Waals surface area contributed by atoms with Crippen molar-refractivity contribution in [1.29, 1.82) is 0 Å². The standard InChI is InChI=1S/C11H17FN2/c1-8(2)14-7-11(13)9-3-5-10(12)6-4-9/h3-6,8,11,14H,7,13H2,1-2H3. The molecule has 0 bridgehead atoms. The molecule has 2 nitrogen and oxygen atoms in total. The average molecular weight is 196 g/mol. The molecule has 78 valence electrons. The van der Waals surface area contributed by atoms with Crippen molar-refractivity contribution >= 4 is 0 Å². The molecule has 0 amide bonds. The molecule has 0 spiro atoms. The van der Waals surface area contributed by atoms with Crippen LogP contribution in [-0.2, 0) is 0 Å². The van der Waals surface area contributed by atoms with Crippen LogP contribution in [0.1, 0.15) is 25.5 Å². The molecule has 1 rings (SSSR count). The van der Waals surface area contributed by atoms with Crippen molar-refractivity contribution in [3.05, 3.63) is 35.6 Å². The van der Waals surface area contributed by atoms with Gasteiger partial charge >= 0.3 is 0 Å². The molecule has 3 N–H and O–H groups in total. The van der Waals surface area contributed by atoms with Crippen molar-refractivity contribution in [3.63, 3.8) is 0 Å². The number of nitrogens with two attached hydrogens (primary N) is 1. The molecule has 1 aromatic carbocycles. The lowest BCUT2D eigenvalue weighted by Gasteiger charge is -2.15. The Morgan fingerprint density at radius 1 is 1.29 bits per heavy atom. The van der Waals surface area contributed by atoms with E-state index in [1.807, 2.05) is 0 Å². The van der Waals surface area contributed by atoms with E-state index in [9.17, 15) is 4.39 Å². The summed E-state index contributed by atoms with van der Waals surface area (Å²) in [4.78, 5) is 0. The van der Waals surface area contributed by atoms with Gasteiger partial charge in [-0.15, -0.1) is 0 Å². The van der Waals surface area contributed by atoms with Gasteiger partial charge in [0.1, 0.15) is 5.82 Å². The van der Waals surface area contributed by atoms with E-state index < -0.39 is 0 Å². The third-order valence-electron chi connectivity index (χ3n) is 2.04. The fourth-order valence-corrected chi connectivity index (χ4v) is 1.19. The lowest BCUT2D eigenvalue weighted by molar-refractivity contribution is 0.536. The predicted molar refractivity (Wildman–Crippen MR) is 56.5 cm³/mol. The Morgan fingerprint density at radius 3 is 2.36 bits per heavy atom. The van der Waals surface area contributed by atoms with Crippen molar-refractivity contribution in [3.8, 4) is 0 Å². The minimum absolute atomic E-state index is 0.0713. The molecule has 0 saturated heterocycles. The molecule has 0 fully saturated rings. The number of hydrogen-bond donors (Lipinski definition) is 2. The number of rotatable bonds is 4. The second-order valence-corrected chi connectivity index (χ2v) is 3.72. The monoisotopic (exact) mass is 196 g/mol. The van der Waals surface area contributed by atoms with Crippen LogP contribution in [0.5, 0.6) is 0 Å². The highest BCUT2D eigenvalue weighted by atomic mass is 19.1. The Balaban J connectivity index is 2.52. The van der Waals surface area contributed by atoms with Crippen molar-refractivity contribution in [2.24, 2.45) is 5.73 Å². The van der Waals surface area contributed by atoms with E-state index in [4.69, 9.17) is 5.73 Å². The Labute approximate surface area is 84.3 Å². The summed E-state index contributed by atoms with van der Waals surface area (Å²) >= 11 is 0. The Morgan fingerprint density at radius 2 is 1.86 bits per heavy atom. The van der Waals surface area contributed by atoms with Crippen LogP contribution in [0.4, 0.5) is 4.39 Å². The molecule has 0 saturated carbocycles. The second kappa shape index (κ2) is 5.08. The maximum atomic E-state index is 12.6. The third kappa shape index (κ3) is 3.44. The van der Waals surface area contributed by atoms with E-state index in [0.717, 1.165) is 5.56 Å². The molecule has 1 atom stereocenters. The lowest BCUT2D eigenvalue weighted by Crippen LogP contribution is -2.31. The summed E-state index contributed by atoms with van der Waals surface area (Å²) in [5.41, 5.74) is 6.87. The van der Waals surface area contributed by atoms with Crippen molar-refractivity contribution in [1.82, 2.24) is 5.32 Å².